The molecule has 3 heterocycles. The van der Waals surface area contributed by atoms with Gasteiger partial charge < -0.3 is 14.5 Å². The summed E-state index contributed by atoms with van der Waals surface area (Å²) in [6.07, 6.45) is 2.93. The Balaban J connectivity index is 1.48. The van der Waals surface area contributed by atoms with E-state index >= 15 is 0 Å². The normalized spacial score (nSPS) is 27.1. The fourth-order valence-corrected chi connectivity index (χ4v) is 4.05. The Morgan fingerprint density at radius 1 is 1.15 bits per heavy atom. The molecule has 0 aromatic carbocycles. The van der Waals surface area contributed by atoms with Gasteiger partial charge in [-0.15, -0.1) is 0 Å². The molecule has 3 amide bonds. The monoisotopic (exact) mass is 367 g/mol. The van der Waals surface area contributed by atoms with Crippen LogP contribution in [0.4, 0.5) is 9.59 Å². The van der Waals surface area contributed by atoms with Gasteiger partial charge in [-0.3, -0.25) is 10.0 Å². The standard InChI is InChI=1S/C18H29N3O5/c1-18(2,3)26-17(24)19-8-6-12(7-9-19)10-15(22)14-5-4-13-11-20(14)16(23)21(13)25/h12-14,25H,4-11H2,1-3H3/t13-,14?/m1/s1. The molecular formula is C18H29N3O5. The van der Waals surface area contributed by atoms with Gasteiger partial charge in [0.05, 0.1) is 12.1 Å². The number of carbonyl (C=O) groups is 3. The zero-order chi connectivity index (χ0) is 19.1. The molecule has 3 aliphatic heterocycles. The zero-order valence-corrected chi connectivity index (χ0v) is 15.8. The number of amides is 3. The number of ether oxygens (including phenoxy) is 1. The highest BCUT2D eigenvalue weighted by Crippen LogP contribution is 2.31. The first kappa shape index (κ1) is 18.9. The first-order valence-corrected chi connectivity index (χ1v) is 9.45. The van der Waals surface area contributed by atoms with Gasteiger partial charge in [-0.2, -0.15) is 0 Å². The number of urea groups is 1. The molecule has 146 valence electrons. The molecule has 0 saturated carbocycles. The van der Waals surface area contributed by atoms with E-state index in [0.29, 0.717) is 38.9 Å². The predicted molar refractivity (Wildman–Crippen MR) is 92.7 cm³/mol. The molecular weight excluding hydrogens is 338 g/mol. The van der Waals surface area contributed by atoms with Crippen molar-refractivity contribution in [1.29, 1.82) is 0 Å². The highest BCUT2D eigenvalue weighted by molar-refractivity contribution is 5.90. The number of rotatable bonds is 3. The van der Waals surface area contributed by atoms with Gasteiger partial charge in [0, 0.05) is 26.1 Å². The van der Waals surface area contributed by atoms with Crippen molar-refractivity contribution in [3.05, 3.63) is 0 Å². The number of fused-ring (bicyclic) bond motifs is 2. The lowest BCUT2D eigenvalue weighted by Crippen LogP contribution is -2.46. The van der Waals surface area contributed by atoms with Crippen LogP contribution in [0, 0.1) is 5.92 Å². The zero-order valence-electron chi connectivity index (χ0n) is 15.8. The molecule has 2 atom stereocenters. The molecule has 0 aliphatic carbocycles. The molecule has 0 aromatic heterocycles. The Labute approximate surface area is 154 Å². The predicted octanol–water partition coefficient (Wildman–Crippen LogP) is 2.25. The third kappa shape index (κ3) is 3.95. The van der Waals surface area contributed by atoms with Crippen LogP contribution >= 0.6 is 0 Å². The van der Waals surface area contributed by atoms with Crippen LogP contribution in [0.1, 0.15) is 52.9 Å². The van der Waals surface area contributed by atoms with Crippen molar-refractivity contribution >= 4 is 17.9 Å². The first-order chi connectivity index (χ1) is 12.2. The number of hydroxylamine groups is 2. The molecule has 0 spiro atoms. The SMILES string of the molecule is CC(C)(C)OC(=O)N1CCC(CC(=O)C2CC[C@@H]3CN2C(=O)N3O)CC1. The number of ketones is 1. The smallest absolute Gasteiger partial charge is 0.410 e. The van der Waals surface area contributed by atoms with E-state index in [1.807, 2.05) is 20.8 Å². The van der Waals surface area contributed by atoms with Crippen molar-refractivity contribution in [2.24, 2.45) is 5.92 Å². The van der Waals surface area contributed by atoms with Gasteiger partial charge in [-0.25, -0.2) is 14.7 Å². The average Bonchev–Trinajstić information content (AvgIpc) is 2.78. The summed E-state index contributed by atoms with van der Waals surface area (Å²) in [7, 11) is 0. The van der Waals surface area contributed by atoms with E-state index in [9.17, 15) is 19.6 Å². The highest BCUT2D eigenvalue weighted by Gasteiger charge is 2.46. The Morgan fingerprint density at radius 3 is 2.42 bits per heavy atom. The molecule has 8 heteroatoms. The van der Waals surface area contributed by atoms with Gasteiger partial charge in [0.2, 0.25) is 0 Å². The van der Waals surface area contributed by atoms with Crippen molar-refractivity contribution in [2.75, 3.05) is 19.6 Å². The van der Waals surface area contributed by atoms with E-state index in [0.717, 1.165) is 17.9 Å². The number of Topliss-reactive ketones (excluding diaryl/α,β-unsaturated/α-hetero) is 1. The molecule has 8 nitrogen and oxygen atoms in total. The summed E-state index contributed by atoms with van der Waals surface area (Å²) in [5.41, 5.74) is -0.508. The summed E-state index contributed by atoms with van der Waals surface area (Å²) in [6, 6.07) is -1.05. The van der Waals surface area contributed by atoms with Crippen LogP contribution in [-0.4, -0.2) is 75.3 Å². The molecule has 3 aliphatic rings. The minimum Gasteiger partial charge on any atom is -0.444 e. The molecule has 26 heavy (non-hydrogen) atoms. The number of piperidine rings is 2. The van der Waals surface area contributed by atoms with E-state index < -0.39 is 17.7 Å². The van der Waals surface area contributed by atoms with Crippen molar-refractivity contribution in [1.82, 2.24) is 14.9 Å². The maximum absolute atomic E-state index is 12.7. The maximum Gasteiger partial charge on any atom is 0.410 e. The highest BCUT2D eigenvalue weighted by atomic mass is 16.6. The quantitative estimate of drug-likeness (QED) is 0.773. The average molecular weight is 367 g/mol. The minimum absolute atomic E-state index is 0.0721. The number of likely N-dealkylation sites (tertiary alicyclic amines) is 1. The van der Waals surface area contributed by atoms with Gasteiger partial charge in [0.25, 0.3) is 0 Å². The second-order valence-corrected chi connectivity index (χ2v) is 8.61. The lowest BCUT2D eigenvalue weighted by molar-refractivity contribution is -0.125. The van der Waals surface area contributed by atoms with Crippen LogP contribution in [0.15, 0.2) is 0 Å². The van der Waals surface area contributed by atoms with E-state index in [2.05, 4.69) is 0 Å². The van der Waals surface area contributed by atoms with Crippen LogP contribution in [0.3, 0.4) is 0 Å². The topological polar surface area (TPSA) is 90.4 Å². The lowest BCUT2D eigenvalue weighted by atomic mass is 9.87. The lowest BCUT2D eigenvalue weighted by Gasteiger charge is -2.34. The van der Waals surface area contributed by atoms with Gasteiger partial charge >= 0.3 is 12.1 Å². The van der Waals surface area contributed by atoms with Crippen molar-refractivity contribution in [3.63, 3.8) is 0 Å². The summed E-state index contributed by atoms with van der Waals surface area (Å²) in [4.78, 5) is 40.0. The number of hydrogen-bond donors (Lipinski definition) is 1. The summed E-state index contributed by atoms with van der Waals surface area (Å²) < 4.78 is 5.39. The molecule has 3 saturated heterocycles. The molecule has 0 radical (unpaired) electrons. The summed E-state index contributed by atoms with van der Waals surface area (Å²) in [5, 5.41) is 10.5. The molecule has 1 N–H and O–H groups in total. The first-order valence-electron chi connectivity index (χ1n) is 9.45. The van der Waals surface area contributed by atoms with Crippen molar-refractivity contribution < 1.29 is 24.3 Å². The van der Waals surface area contributed by atoms with E-state index in [-0.39, 0.29) is 23.8 Å². The molecule has 1 unspecified atom stereocenters. The van der Waals surface area contributed by atoms with Crippen molar-refractivity contribution in [3.8, 4) is 0 Å². The fourth-order valence-electron chi connectivity index (χ4n) is 4.05. The largest absolute Gasteiger partial charge is 0.444 e. The van der Waals surface area contributed by atoms with Crippen LogP contribution < -0.4 is 0 Å². The van der Waals surface area contributed by atoms with Crippen LogP contribution in [0.5, 0.6) is 0 Å². The molecule has 0 aromatic rings. The number of hydrogen-bond acceptors (Lipinski definition) is 5. The Morgan fingerprint density at radius 2 is 1.81 bits per heavy atom. The van der Waals surface area contributed by atoms with Gasteiger partial charge in [-0.05, 0) is 52.4 Å². The Bertz CT molecular complexity index is 580. The summed E-state index contributed by atoms with van der Waals surface area (Å²) in [6.45, 7) is 7.15. The molecule has 2 bridgehead atoms. The van der Waals surface area contributed by atoms with Crippen LogP contribution in [0.2, 0.25) is 0 Å². The summed E-state index contributed by atoms with van der Waals surface area (Å²) >= 11 is 0. The second kappa shape index (κ2) is 7.06. The minimum atomic E-state index is -0.508. The van der Waals surface area contributed by atoms with Crippen LogP contribution in [-0.2, 0) is 9.53 Å². The molecule has 3 rings (SSSR count). The van der Waals surface area contributed by atoms with Gasteiger partial charge in [0.15, 0.2) is 5.78 Å². The van der Waals surface area contributed by atoms with Gasteiger partial charge in [0.1, 0.15) is 5.60 Å². The van der Waals surface area contributed by atoms with Gasteiger partial charge in [-0.1, -0.05) is 0 Å². The summed E-state index contributed by atoms with van der Waals surface area (Å²) in [5.74, 6) is 0.296. The maximum atomic E-state index is 12.7. The van der Waals surface area contributed by atoms with E-state index in [1.165, 1.54) is 4.90 Å². The second-order valence-electron chi connectivity index (χ2n) is 8.61. The fraction of sp³-hybridized carbons (Fsp3) is 0.833. The number of carbonyl (C=O) groups excluding carboxylic acids is 3. The third-order valence-electron chi connectivity index (χ3n) is 5.47. The third-order valence-corrected chi connectivity index (χ3v) is 5.47. The Kier molecular flexibility index (Phi) is 5.14. The number of nitrogens with zero attached hydrogens (tertiary/aromatic N) is 3. The van der Waals surface area contributed by atoms with Crippen molar-refractivity contribution in [2.45, 2.75) is 70.6 Å². The Hall–Kier alpha value is -1.83. The van der Waals surface area contributed by atoms with E-state index in [1.54, 1.807) is 4.90 Å². The van der Waals surface area contributed by atoms with Crippen LogP contribution in [0.25, 0.3) is 0 Å². The molecule has 3 fully saturated rings. The van der Waals surface area contributed by atoms with E-state index in [4.69, 9.17) is 4.74 Å².